The molecule has 0 atom stereocenters. The van der Waals surface area contributed by atoms with Crippen LogP contribution in [0.1, 0.15) is 156 Å². The van der Waals surface area contributed by atoms with E-state index in [1.165, 1.54) is 140 Å². The summed E-state index contributed by atoms with van der Waals surface area (Å²) in [6, 6.07) is 37.3. The molecule has 0 radical (unpaired) electrons. The summed E-state index contributed by atoms with van der Waals surface area (Å²) in [4.78, 5) is 2.75. The molecule has 4 heterocycles. The summed E-state index contributed by atoms with van der Waals surface area (Å²) < 4.78 is 5.67. The monoisotopic (exact) mass is 856 g/mol. The number of fused-ring (bicyclic) bond motifs is 13. The van der Waals surface area contributed by atoms with Gasteiger partial charge in [-0.25, -0.2) is 0 Å². The Kier molecular flexibility index (Phi) is 7.98. The van der Waals surface area contributed by atoms with Crippen LogP contribution >= 0.6 is 11.3 Å². The lowest BCUT2D eigenvalue weighted by Gasteiger charge is -2.44. The fraction of sp³-hybridized carbons (Fsp3) is 0.400. The predicted molar refractivity (Wildman–Crippen MR) is 281 cm³/mol. The van der Waals surface area contributed by atoms with E-state index in [0.29, 0.717) is 0 Å². The van der Waals surface area contributed by atoms with Crippen LogP contribution in [0.15, 0.2) is 91.0 Å². The molecule has 2 aliphatic carbocycles. The fourth-order valence-corrected chi connectivity index (χ4v) is 14.0. The van der Waals surface area contributed by atoms with Crippen LogP contribution in [0.25, 0.3) is 53.8 Å². The number of nitrogens with zero attached hydrogens (tertiary/aromatic N) is 2. The highest BCUT2D eigenvalue weighted by Crippen LogP contribution is 2.55. The standard InChI is InChI=1S/C60H65BN2S/c1-55(2,3)35-19-22-47-39(28-35)40-29-36(56(4,5)6)30-42-50-38-18-16-15-17-34(38)27-48-51(50)61(63(47)52(40)42)54-53(41-32-45-46(33-49(41)64-54)60(13,14)26-25-59(45,11)12)62(48)37-20-21-43-44(31-37)58(9,10)24-23-57(43,7)8/h15-22,27-33H,23-26H2,1-14H3. The SMILES string of the molecule is CC(C)(C)c1ccc2c(c1)c1cc(C(C)(C)C)cc3c1n2B1c2sc4cc5c(cc4c2N(c2ccc4c(c2)C(C)(C)CCC4(C)C)c2cc4ccccc4c-3c21)C(C)(C)CCC5(C)C. The van der Waals surface area contributed by atoms with E-state index in [4.69, 9.17) is 0 Å². The molecule has 4 aliphatic rings. The zero-order chi connectivity index (χ0) is 45.0. The van der Waals surface area contributed by atoms with Crippen LogP contribution < -0.4 is 15.1 Å². The second kappa shape index (κ2) is 12.5. The summed E-state index contributed by atoms with van der Waals surface area (Å²) in [6.07, 6.45) is 4.80. The van der Waals surface area contributed by atoms with Gasteiger partial charge >= 0.3 is 6.85 Å². The molecule has 8 aromatic rings. The molecule has 4 heteroatoms. The molecule has 0 N–H and O–H groups in total. The average molecular weight is 857 g/mol. The van der Waals surface area contributed by atoms with Crippen molar-refractivity contribution in [2.75, 3.05) is 4.90 Å². The Morgan fingerprint density at radius 2 is 1.16 bits per heavy atom. The van der Waals surface area contributed by atoms with E-state index >= 15 is 0 Å². The largest absolute Gasteiger partial charge is 0.375 e. The molecule has 0 unspecified atom stereocenters. The quantitative estimate of drug-likeness (QED) is 0.149. The predicted octanol–water partition coefficient (Wildman–Crippen LogP) is 15.9. The van der Waals surface area contributed by atoms with Crippen LogP contribution in [0.5, 0.6) is 0 Å². The highest BCUT2D eigenvalue weighted by atomic mass is 32.1. The number of hydrogen-bond acceptors (Lipinski definition) is 2. The van der Waals surface area contributed by atoms with Gasteiger partial charge in [-0.05, 0) is 168 Å². The van der Waals surface area contributed by atoms with Gasteiger partial charge in [0.25, 0.3) is 0 Å². The van der Waals surface area contributed by atoms with Crippen molar-refractivity contribution in [2.24, 2.45) is 0 Å². The molecule has 0 saturated carbocycles. The minimum absolute atomic E-state index is 0.0118. The van der Waals surface area contributed by atoms with Gasteiger partial charge < -0.3 is 9.38 Å². The highest BCUT2D eigenvalue weighted by Gasteiger charge is 2.48. The Morgan fingerprint density at radius 1 is 0.547 bits per heavy atom. The Hall–Kier alpha value is -4.80. The van der Waals surface area contributed by atoms with Crippen LogP contribution in [0, 0.1) is 0 Å². The van der Waals surface area contributed by atoms with Crippen molar-refractivity contribution in [3.8, 4) is 11.1 Å². The molecular weight excluding hydrogens is 792 g/mol. The number of benzene rings is 6. The molecule has 6 aromatic carbocycles. The maximum absolute atomic E-state index is 2.80. The lowest BCUT2D eigenvalue weighted by Crippen LogP contribution is -2.55. The minimum Gasteiger partial charge on any atom is -0.375 e. The lowest BCUT2D eigenvalue weighted by molar-refractivity contribution is 0.332. The minimum atomic E-state index is -0.0305. The van der Waals surface area contributed by atoms with Crippen molar-refractivity contribution in [2.45, 2.75) is 155 Å². The van der Waals surface area contributed by atoms with Crippen molar-refractivity contribution in [3.63, 3.8) is 0 Å². The first-order chi connectivity index (χ1) is 30.0. The third-order valence-electron chi connectivity index (χ3n) is 17.0. The number of anilines is 3. The summed E-state index contributed by atoms with van der Waals surface area (Å²) in [5.74, 6) is 0. The maximum Gasteiger partial charge on any atom is 0.343 e. The van der Waals surface area contributed by atoms with E-state index in [9.17, 15) is 0 Å². The second-order valence-electron chi connectivity index (χ2n) is 25.1. The fourth-order valence-electron chi connectivity index (χ4n) is 12.7. The molecule has 2 nitrogen and oxygen atoms in total. The first kappa shape index (κ1) is 40.7. The molecule has 0 bridgehead atoms. The smallest absolute Gasteiger partial charge is 0.343 e. The Bertz CT molecular complexity index is 3370. The van der Waals surface area contributed by atoms with Crippen LogP contribution in [-0.2, 0) is 32.5 Å². The number of aromatic nitrogens is 1. The second-order valence-corrected chi connectivity index (χ2v) is 26.2. The molecule has 0 spiro atoms. The van der Waals surface area contributed by atoms with Crippen LogP contribution in [0.2, 0.25) is 0 Å². The van der Waals surface area contributed by atoms with Gasteiger partial charge in [-0.2, -0.15) is 0 Å². The summed E-state index contributed by atoms with van der Waals surface area (Å²) >= 11 is 2.07. The van der Waals surface area contributed by atoms with E-state index in [0.717, 1.165) is 0 Å². The van der Waals surface area contributed by atoms with Gasteiger partial charge in [-0.15, -0.1) is 11.3 Å². The van der Waals surface area contributed by atoms with Crippen LogP contribution in [0.4, 0.5) is 17.1 Å². The van der Waals surface area contributed by atoms with E-state index in [1.807, 2.05) is 0 Å². The third-order valence-corrected chi connectivity index (χ3v) is 18.2. The lowest BCUT2D eigenvalue weighted by atomic mass is 9.48. The molecule has 64 heavy (non-hydrogen) atoms. The normalized spacial score (nSPS) is 19.0. The van der Waals surface area contributed by atoms with Crippen molar-refractivity contribution in [3.05, 3.63) is 124 Å². The summed E-state index contributed by atoms with van der Waals surface area (Å²) in [7, 11) is 0. The van der Waals surface area contributed by atoms with E-state index < -0.39 is 0 Å². The maximum atomic E-state index is 2.80. The van der Waals surface area contributed by atoms with Crippen molar-refractivity contribution < 1.29 is 0 Å². The zero-order valence-corrected chi connectivity index (χ0v) is 41.7. The third kappa shape index (κ3) is 5.44. The number of thiophene rings is 1. The molecule has 0 saturated heterocycles. The van der Waals surface area contributed by atoms with E-state index in [2.05, 4.69) is 209 Å². The topological polar surface area (TPSA) is 8.17 Å². The summed E-state index contributed by atoms with van der Waals surface area (Å²) in [5, 5.41) is 6.81. The first-order valence-electron chi connectivity index (χ1n) is 24.2. The van der Waals surface area contributed by atoms with E-state index in [-0.39, 0.29) is 39.3 Å². The molecule has 324 valence electrons. The number of rotatable bonds is 1. The van der Waals surface area contributed by atoms with Crippen molar-refractivity contribution in [1.29, 1.82) is 0 Å². The Morgan fingerprint density at radius 3 is 1.83 bits per heavy atom. The molecule has 2 aromatic heterocycles. The van der Waals surface area contributed by atoms with Gasteiger partial charge in [-0.1, -0.05) is 133 Å². The zero-order valence-electron chi connectivity index (χ0n) is 40.9. The van der Waals surface area contributed by atoms with Gasteiger partial charge in [0.1, 0.15) is 0 Å². The van der Waals surface area contributed by atoms with Gasteiger partial charge in [0, 0.05) is 53.6 Å². The van der Waals surface area contributed by atoms with Gasteiger partial charge in [0.05, 0.1) is 5.69 Å². The van der Waals surface area contributed by atoms with Crippen molar-refractivity contribution >= 4 is 88.2 Å². The molecular formula is C60H65BN2S. The molecule has 0 amide bonds. The van der Waals surface area contributed by atoms with Gasteiger partial charge in [-0.3, -0.25) is 0 Å². The highest BCUT2D eigenvalue weighted by molar-refractivity contribution is 7.32. The van der Waals surface area contributed by atoms with E-state index in [1.54, 1.807) is 0 Å². The molecule has 12 rings (SSSR count). The number of hydrogen-bond donors (Lipinski definition) is 0. The Balaban J connectivity index is 1.28. The molecule has 2 aliphatic heterocycles. The van der Waals surface area contributed by atoms with Gasteiger partial charge in [0.15, 0.2) is 0 Å². The molecule has 0 fully saturated rings. The van der Waals surface area contributed by atoms with Crippen LogP contribution in [-0.4, -0.2) is 11.3 Å². The Labute approximate surface area is 386 Å². The van der Waals surface area contributed by atoms with Crippen molar-refractivity contribution in [1.82, 2.24) is 4.48 Å². The van der Waals surface area contributed by atoms with Gasteiger partial charge in [0.2, 0.25) is 0 Å². The average Bonchev–Trinajstić information content (AvgIpc) is 3.77. The first-order valence-corrected chi connectivity index (χ1v) is 25.0. The summed E-state index contributed by atoms with van der Waals surface area (Å²) in [5.41, 5.74) is 20.2. The van der Waals surface area contributed by atoms with Crippen LogP contribution in [0.3, 0.4) is 0 Å². The summed E-state index contributed by atoms with van der Waals surface area (Å²) in [6.45, 7) is 34.1.